The molecule has 8 heteroatoms. The molecule has 1 aromatic heterocycles. The van der Waals surface area contributed by atoms with E-state index >= 15 is 0 Å². The second-order valence-corrected chi connectivity index (χ2v) is 9.61. The average molecular weight is 560 g/mol. The maximum absolute atomic E-state index is 13.6. The highest BCUT2D eigenvalue weighted by Gasteiger charge is 2.17. The van der Waals surface area contributed by atoms with E-state index in [1.165, 1.54) is 4.57 Å². The van der Waals surface area contributed by atoms with Gasteiger partial charge in [-0.2, -0.15) is 5.26 Å². The summed E-state index contributed by atoms with van der Waals surface area (Å²) in [6.45, 7) is 2.63. The lowest BCUT2D eigenvalue weighted by molar-refractivity contribution is -0.115. The minimum atomic E-state index is -0.545. The zero-order valence-corrected chi connectivity index (χ0v) is 21.8. The molecule has 0 unspecified atom stereocenters. The third kappa shape index (κ3) is 5.65. The van der Waals surface area contributed by atoms with E-state index in [1.54, 1.807) is 30.3 Å². The van der Waals surface area contributed by atoms with Gasteiger partial charge in [-0.1, -0.05) is 64.5 Å². The smallest absolute Gasteiger partial charge is 0.273 e. The molecule has 0 spiro atoms. The standard InChI is InChI=1S/C28H22BrN3O3S/c1-2-35-24-14-13-21(29)15-20(24)16-25-27(34)32(22-11-7-4-8-12-22)28(36-25)23(17-30)26(33)31-18-19-9-5-3-6-10-19/h3-16H,2,18H2,1H3,(H,31,33). The fourth-order valence-corrected chi connectivity index (χ4v) is 5.06. The highest BCUT2D eigenvalue weighted by Crippen LogP contribution is 2.24. The number of thiazole rings is 1. The van der Waals surface area contributed by atoms with E-state index in [-0.39, 0.29) is 22.3 Å². The van der Waals surface area contributed by atoms with Gasteiger partial charge in [0.1, 0.15) is 16.5 Å². The first-order valence-electron chi connectivity index (χ1n) is 11.2. The van der Waals surface area contributed by atoms with Gasteiger partial charge in [-0.15, -0.1) is 11.3 Å². The number of carbonyl (C=O) groups excluding carboxylic acids is 1. The fourth-order valence-electron chi connectivity index (χ4n) is 3.58. The number of nitrogens with one attached hydrogen (secondary N) is 1. The van der Waals surface area contributed by atoms with E-state index in [1.807, 2.05) is 67.6 Å². The van der Waals surface area contributed by atoms with Crippen molar-refractivity contribution >= 4 is 44.8 Å². The van der Waals surface area contributed by atoms with Crippen molar-refractivity contribution in [3.63, 3.8) is 0 Å². The summed E-state index contributed by atoms with van der Waals surface area (Å²) in [7, 11) is 0. The lowest BCUT2D eigenvalue weighted by atomic mass is 10.2. The maximum Gasteiger partial charge on any atom is 0.273 e. The molecule has 0 radical (unpaired) electrons. The van der Waals surface area contributed by atoms with Crippen molar-refractivity contribution in [3.05, 3.63) is 114 Å². The van der Waals surface area contributed by atoms with Crippen molar-refractivity contribution in [1.82, 2.24) is 9.88 Å². The number of ether oxygens (including phenoxy) is 1. The van der Waals surface area contributed by atoms with Gasteiger partial charge in [0.15, 0.2) is 5.57 Å². The van der Waals surface area contributed by atoms with Crippen LogP contribution < -0.4 is 24.8 Å². The molecule has 0 bridgehead atoms. The Kier molecular flexibility index (Phi) is 8.16. The van der Waals surface area contributed by atoms with Crippen molar-refractivity contribution in [3.8, 4) is 17.5 Å². The fraction of sp³-hybridized carbons (Fsp3) is 0.107. The van der Waals surface area contributed by atoms with Gasteiger partial charge in [0.2, 0.25) is 0 Å². The number of amides is 1. The van der Waals surface area contributed by atoms with Crippen LogP contribution in [0.3, 0.4) is 0 Å². The number of para-hydroxylation sites is 1. The Morgan fingerprint density at radius 1 is 1.11 bits per heavy atom. The summed E-state index contributed by atoms with van der Waals surface area (Å²) < 4.78 is 8.61. The van der Waals surface area contributed by atoms with Crippen molar-refractivity contribution in [2.45, 2.75) is 13.5 Å². The van der Waals surface area contributed by atoms with E-state index in [0.29, 0.717) is 28.1 Å². The van der Waals surface area contributed by atoms with E-state index in [4.69, 9.17) is 4.74 Å². The summed E-state index contributed by atoms with van der Waals surface area (Å²) in [6, 6.07) is 26.0. The Labute approximate surface area is 220 Å². The molecule has 4 rings (SSSR count). The summed E-state index contributed by atoms with van der Waals surface area (Å²) in [5.41, 5.74) is 1.73. The van der Waals surface area contributed by atoms with Crippen LogP contribution in [0.4, 0.5) is 0 Å². The van der Waals surface area contributed by atoms with Gasteiger partial charge in [0.25, 0.3) is 11.5 Å². The van der Waals surface area contributed by atoms with Gasteiger partial charge in [0, 0.05) is 16.6 Å². The SMILES string of the molecule is CCOc1ccc(Br)cc1C=c1sc(=C(C#N)C(=O)NCc2ccccc2)n(-c2ccccc2)c1=O. The lowest BCUT2D eigenvalue weighted by Gasteiger charge is -2.06. The van der Waals surface area contributed by atoms with Crippen LogP contribution >= 0.6 is 27.3 Å². The van der Waals surface area contributed by atoms with Gasteiger partial charge in [0.05, 0.1) is 16.8 Å². The highest BCUT2D eigenvalue weighted by molar-refractivity contribution is 9.10. The molecule has 0 saturated heterocycles. The lowest BCUT2D eigenvalue weighted by Crippen LogP contribution is -2.33. The summed E-state index contributed by atoms with van der Waals surface area (Å²) in [4.78, 5) is 26.7. The van der Waals surface area contributed by atoms with Crippen LogP contribution in [0.25, 0.3) is 17.3 Å². The number of hydrogen-bond acceptors (Lipinski definition) is 5. The van der Waals surface area contributed by atoms with Crippen molar-refractivity contribution < 1.29 is 9.53 Å². The van der Waals surface area contributed by atoms with E-state index < -0.39 is 5.91 Å². The number of nitrogens with zero attached hydrogens (tertiary/aromatic N) is 2. The van der Waals surface area contributed by atoms with Crippen LogP contribution in [0.1, 0.15) is 18.1 Å². The van der Waals surface area contributed by atoms with Gasteiger partial charge in [-0.05, 0) is 48.9 Å². The number of aromatic nitrogens is 1. The third-order valence-electron chi connectivity index (χ3n) is 5.24. The van der Waals surface area contributed by atoms with E-state index in [2.05, 4.69) is 21.2 Å². The molecule has 1 amide bonds. The molecule has 3 aromatic carbocycles. The Hall–Kier alpha value is -3.93. The van der Waals surface area contributed by atoms with Gasteiger partial charge < -0.3 is 10.1 Å². The molecule has 0 atom stereocenters. The molecule has 0 fully saturated rings. The quantitative estimate of drug-likeness (QED) is 0.372. The minimum Gasteiger partial charge on any atom is -0.493 e. The van der Waals surface area contributed by atoms with Crippen LogP contribution in [-0.4, -0.2) is 17.1 Å². The second-order valence-electron chi connectivity index (χ2n) is 7.66. The molecule has 0 saturated carbocycles. The van der Waals surface area contributed by atoms with Crippen LogP contribution in [0.15, 0.2) is 88.1 Å². The Morgan fingerprint density at radius 3 is 2.47 bits per heavy atom. The van der Waals surface area contributed by atoms with Crippen molar-refractivity contribution in [2.75, 3.05) is 6.61 Å². The Bertz CT molecular complexity index is 1600. The molecule has 4 aromatic rings. The van der Waals surface area contributed by atoms with Crippen molar-refractivity contribution in [2.24, 2.45) is 0 Å². The molecule has 36 heavy (non-hydrogen) atoms. The maximum atomic E-state index is 13.6. The molecule has 0 aliphatic carbocycles. The predicted octanol–water partition coefficient (Wildman–Crippen LogP) is 3.88. The number of carbonyl (C=O) groups is 1. The van der Waals surface area contributed by atoms with Crippen molar-refractivity contribution in [1.29, 1.82) is 5.26 Å². The first-order valence-corrected chi connectivity index (χ1v) is 12.8. The largest absolute Gasteiger partial charge is 0.493 e. The molecule has 0 aliphatic heterocycles. The van der Waals surface area contributed by atoms with Crippen LogP contribution in [0.5, 0.6) is 5.75 Å². The number of rotatable bonds is 7. The summed E-state index contributed by atoms with van der Waals surface area (Å²) in [5, 5.41) is 12.8. The summed E-state index contributed by atoms with van der Waals surface area (Å²) in [6.07, 6.45) is 1.72. The molecule has 0 aliphatic rings. The predicted molar refractivity (Wildman–Crippen MR) is 145 cm³/mol. The molecule has 180 valence electrons. The first-order chi connectivity index (χ1) is 17.5. The number of benzene rings is 3. The van der Waals surface area contributed by atoms with E-state index in [9.17, 15) is 14.9 Å². The zero-order chi connectivity index (χ0) is 25.5. The number of nitriles is 1. The monoisotopic (exact) mass is 559 g/mol. The molecular formula is C28H22BrN3O3S. The molecule has 1 N–H and O–H groups in total. The normalized spacial score (nSPS) is 12.1. The number of hydrogen-bond donors (Lipinski definition) is 1. The minimum absolute atomic E-state index is 0.129. The second kappa shape index (κ2) is 11.7. The topological polar surface area (TPSA) is 84.1 Å². The van der Waals surface area contributed by atoms with Crippen LogP contribution in [-0.2, 0) is 11.3 Å². The van der Waals surface area contributed by atoms with Gasteiger partial charge in [-0.25, -0.2) is 0 Å². The Morgan fingerprint density at radius 2 is 1.81 bits per heavy atom. The average Bonchev–Trinajstić information content (AvgIpc) is 3.21. The van der Waals surface area contributed by atoms with Crippen LogP contribution in [0, 0.1) is 11.3 Å². The highest BCUT2D eigenvalue weighted by atomic mass is 79.9. The van der Waals surface area contributed by atoms with Gasteiger partial charge >= 0.3 is 0 Å². The van der Waals surface area contributed by atoms with E-state index in [0.717, 1.165) is 21.4 Å². The first kappa shape index (κ1) is 25.2. The molecule has 1 heterocycles. The summed E-state index contributed by atoms with van der Waals surface area (Å²) >= 11 is 4.56. The number of halogens is 1. The molecular weight excluding hydrogens is 538 g/mol. The Balaban J connectivity index is 1.91. The molecule has 6 nitrogen and oxygen atoms in total. The summed E-state index contributed by atoms with van der Waals surface area (Å²) in [5.74, 6) is 0.0858. The van der Waals surface area contributed by atoms with Crippen LogP contribution in [0.2, 0.25) is 0 Å². The third-order valence-corrected chi connectivity index (χ3v) is 6.83. The zero-order valence-electron chi connectivity index (χ0n) is 19.4. The van der Waals surface area contributed by atoms with Gasteiger partial charge in [-0.3, -0.25) is 14.2 Å².